The summed E-state index contributed by atoms with van der Waals surface area (Å²) in [5.41, 5.74) is 3.54. The number of nitrogens with one attached hydrogen (secondary N) is 1. The molecule has 0 aliphatic heterocycles. The molecule has 19 heavy (non-hydrogen) atoms. The minimum absolute atomic E-state index is 0.149. The second kappa shape index (κ2) is 5.17. The number of hydrogen-bond acceptors (Lipinski definition) is 4. The van der Waals surface area contributed by atoms with Gasteiger partial charge in [0, 0.05) is 5.56 Å². The first-order valence-electron chi connectivity index (χ1n) is 6.42. The number of H-pyrrole nitrogens is 1. The summed E-state index contributed by atoms with van der Waals surface area (Å²) < 4.78 is 0. The molecule has 2 aromatic rings. The van der Waals surface area contributed by atoms with Gasteiger partial charge < -0.3 is 0 Å². The lowest BCUT2D eigenvalue weighted by molar-refractivity contribution is 0.0994. The van der Waals surface area contributed by atoms with Crippen LogP contribution < -0.4 is 0 Å². The summed E-state index contributed by atoms with van der Waals surface area (Å²) >= 11 is 1.41. The zero-order valence-electron chi connectivity index (χ0n) is 10.7. The van der Waals surface area contributed by atoms with Crippen molar-refractivity contribution in [2.45, 2.75) is 36.6 Å². The predicted octanol–water partition coefficient (Wildman–Crippen LogP) is 2.66. The third-order valence-corrected chi connectivity index (χ3v) is 4.42. The third kappa shape index (κ3) is 2.56. The van der Waals surface area contributed by atoms with Gasteiger partial charge in [0.15, 0.2) is 10.9 Å². The zero-order valence-corrected chi connectivity index (χ0v) is 11.5. The standard InChI is InChI=1S/C14H15N3OS/c1-9(19-14-15-8-16-17-14)13(18)12-6-5-10-3-2-4-11(10)7-12/h5-9H,2-4H2,1H3,(H,15,16,17)/t9-/m1/s1. The Morgan fingerprint density at radius 2 is 2.21 bits per heavy atom. The van der Waals surface area contributed by atoms with Gasteiger partial charge in [-0.15, -0.1) is 0 Å². The molecule has 1 heterocycles. The van der Waals surface area contributed by atoms with E-state index in [1.807, 2.05) is 13.0 Å². The topological polar surface area (TPSA) is 58.6 Å². The average Bonchev–Trinajstić information content (AvgIpc) is 3.07. The van der Waals surface area contributed by atoms with Crippen molar-refractivity contribution >= 4 is 17.5 Å². The quantitative estimate of drug-likeness (QED) is 0.687. The predicted molar refractivity (Wildman–Crippen MR) is 74.5 cm³/mol. The van der Waals surface area contributed by atoms with E-state index in [9.17, 15) is 4.79 Å². The summed E-state index contributed by atoms with van der Waals surface area (Å²) in [7, 11) is 0. The number of aryl methyl sites for hydroxylation is 2. The van der Waals surface area contributed by atoms with E-state index in [4.69, 9.17) is 0 Å². The Balaban J connectivity index is 1.76. The molecule has 0 unspecified atom stereocenters. The minimum atomic E-state index is -0.160. The molecule has 0 amide bonds. The minimum Gasteiger partial charge on any atom is -0.293 e. The fourth-order valence-electron chi connectivity index (χ4n) is 2.43. The first-order chi connectivity index (χ1) is 9.24. The van der Waals surface area contributed by atoms with E-state index in [1.54, 1.807) is 0 Å². The van der Waals surface area contributed by atoms with E-state index in [2.05, 4.69) is 27.3 Å². The van der Waals surface area contributed by atoms with Crippen molar-refractivity contribution in [2.75, 3.05) is 0 Å². The van der Waals surface area contributed by atoms with Crippen LogP contribution in [0.5, 0.6) is 0 Å². The Kier molecular flexibility index (Phi) is 3.38. The number of aromatic amines is 1. The van der Waals surface area contributed by atoms with E-state index >= 15 is 0 Å². The van der Waals surface area contributed by atoms with Crippen LogP contribution in [0.25, 0.3) is 0 Å². The van der Waals surface area contributed by atoms with Gasteiger partial charge in [-0.25, -0.2) is 4.98 Å². The molecular formula is C14H15N3OS. The van der Waals surface area contributed by atoms with Gasteiger partial charge in [0.2, 0.25) is 0 Å². The molecule has 4 nitrogen and oxygen atoms in total. The second-order valence-electron chi connectivity index (χ2n) is 4.75. The summed E-state index contributed by atoms with van der Waals surface area (Å²) in [5, 5.41) is 7.07. The molecule has 0 spiro atoms. The number of hydrogen-bond donors (Lipinski definition) is 1. The first-order valence-corrected chi connectivity index (χ1v) is 7.30. The number of nitrogens with zero attached hydrogens (tertiary/aromatic N) is 2. The van der Waals surface area contributed by atoms with Gasteiger partial charge >= 0.3 is 0 Å². The van der Waals surface area contributed by atoms with Crippen molar-refractivity contribution in [3.05, 3.63) is 41.2 Å². The number of carbonyl (C=O) groups excluding carboxylic acids is 1. The molecule has 0 saturated heterocycles. The molecule has 3 rings (SSSR count). The van der Waals surface area contributed by atoms with Crippen LogP contribution in [0.2, 0.25) is 0 Å². The lowest BCUT2D eigenvalue weighted by Gasteiger charge is -2.09. The maximum absolute atomic E-state index is 12.4. The number of Topliss-reactive ketones (excluding diaryl/α,β-unsaturated/α-hetero) is 1. The van der Waals surface area contributed by atoms with Crippen molar-refractivity contribution in [1.82, 2.24) is 15.2 Å². The van der Waals surface area contributed by atoms with E-state index < -0.39 is 0 Å². The fourth-order valence-corrected chi connectivity index (χ4v) is 3.22. The van der Waals surface area contributed by atoms with Crippen LogP contribution in [0.15, 0.2) is 29.7 Å². The Hall–Kier alpha value is -1.62. The van der Waals surface area contributed by atoms with Crippen LogP contribution in [0.1, 0.15) is 34.8 Å². The van der Waals surface area contributed by atoms with Crippen molar-refractivity contribution in [1.29, 1.82) is 0 Å². The van der Waals surface area contributed by atoms with Crippen LogP contribution in [0.3, 0.4) is 0 Å². The van der Waals surface area contributed by atoms with Crippen LogP contribution in [-0.4, -0.2) is 26.2 Å². The number of ketones is 1. The largest absolute Gasteiger partial charge is 0.293 e. The molecular weight excluding hydrogens is 258 g/mol. The molecule has 98 valence electrons. The van der Waals surface area contributed by atoms with Crippen LogP contribution >= 0.6 is 11.8 Å². The van der Waals surface area contributed by atoms with Gasteiger partial charge in [0.05, 0.1) is 5.25 Å². The van der Waals surface area contributed by atoms with Crippen molar-refractivity contribution < 1.29 is 4.79 Å². The Morgan fingerprint density at radius 1 is 1.37 bits per heavy atom. The van der Waals surface area contributed by atoms with Gasteiger partial charge in [-0.2, -0.15) is 5.10 Å². The van der Waals surface area contributed by atoms with E-state index in [1.165, 1.54) is 35.6 Å². The van der Waals surface area contributed by atoms with E-state index in [-0.39, 0.29) is 11.0 Å². The fraction of sp³-hybridized carbons (Fsp3) is 0.357. The first kappa shape index (κ1) is 12.4. The normalized spacial score (nSPS) is 15.2. The van der Waals surface area contributed by atoms with Gasteiger partial charge in [-0.3, -0.25) is 9.89 Å². The molecule has 0 fully saturated rings. The zero-order chi connectivity index (χ0) is 13.2. The molecule has 1 N–H and O–H groups in total. The molecule has 1 aromatic carbocycles. The molecule has 0 bridgehead atoms. The van der Waals surface area contributed by atoms with Crippen LogP contribution in [0.4, 0.5) is 0 Å². The highest BCUT2D eigenvalue weighted by molar-refractivity contribution is 8.00. The van der Waals surface area contributed by atoms with Gasteiger partial charge in [-0.05, 0) is 43.4 Å². The lowest BCUT2D eigenvalue weighted by Crippen LogP contribution is -2.14. The Bertz CT molecular complexity index is 595. The van der Waals surface area contributed by atoms with Crippen LogP contribution in [0, 0.1) is 0 Å². The number of rotatable bonds is 4. The van der Waals surface area contributed by atoms with Crippen molar-refractivity contribution in [2.24, 2.45) is 0 Å². The Morgan fingerprint density at radius 3 is 3.00 bits per heavy atom. The average molecular weight is 273 g/mol. The van der Waals surface area contributed by atoms with Gasteiger partial charge in [0.25, 0.3) is 0 Å². The number of thioether (sulfide) groups is 1. The molecule has 5 heteroatoms. The van der Waals surface area contributed by atoms with Crippen molar-refractivity contribution in [3.8, 4) is 0 Å². The molecule has 0 radical (unpaired) electrons. The summed E-state index contributed by atoms with van der Waals surface area (Å²) in [6.45, 7) is 1.91. The monoisotopic (exact) mass is 273 g/mol. The Labute approximate surface area is 116 Å². The molecule has 1 atom stereocenters. The molecule has 1 aliphatic rings. The molecule has 1 aromatic heterocycles. The van der Waals surface area contributed by atoms with E-state index in [0.29, 0.717) is 5.16 Å². The second-order valence-corrected chi connectivity index (χ2v) is 6.08. The SMILES string of the molecule is C[C@@H](Sc1ncn[nH]1)C(=O)c1ccc2c(c1)CCC2. The molecule has 0 saturated carbocycles. The maximum atomic E-state index is 12.4. The number of benzene rings is 1. The summed E-state index contributed by atoms with van der Waals surface area (Å²) in [5.74, 6) is 0.149. The van der Waals surface area contributed by atoms with Crippen LogP contribution in [-0.2, 0) is 12.8 Å². The van der Waals surface area contributed by atoms with Gasteiger partial charge in [-0.1, -0.05) is 23.9 Å². The summed E-state index contributed by atoms with van der Waals surface area (Å²) in [4.78, 5) is 16.4. The summed E-state index contributed by atoms with van der Waals surface area (Å²) in [6, 6.07) is 6.10. The summed E-state index contributed by atoms with van der Waals surface area (Å²) in [6.07, 6.45) is 4.90. The highest BCUT2D eigenvalue weighted by Crippen LogP contribution is 2.26. The smallest absolute Gasteiger partial charge is 0.184 e. The number of fused-ring (bicyclic) bond motifs is 1. The highest BCUT2D eigenvalue weighted by atomic mass is 32.2. The maximum Gasteiger partial charge on any atom is 0.184 e. The number of aromatic nitrogens is 3. The van der Waals surface area contributed by atoms with E-state index in [0.717, 1.165) is 18.4 Å². The third-order valence-electron chi connectivity index (χ3n) is 3.43. The lowest BCUT2D eigenvalue weighted by atomic mass is 10.0. The van der Waals surface area contributed by atoms with Crippen molar-refractivity contribution in [3.63, 3.8) is 0 Å². The van der Waals surface area contributed by atoms with Gasteiger partial charge in [0.1, 0.15) is 6.33 Å². The molecule has 1 aliphatic carbocycles. The number of carbonyl (C=O) groups is 1. The highest BCUT2D eigenvalue weighted by Gasteiger charge is 2.20.